The summed E-state index contributed by atoms with van der Waals surface area (Å²) in [6, 6.07) is 7.12. The second kappa shape index (κ2) is 5.96. The molecule has 1 aliphatic heterocycles. The molecule has 104 valence electrons. The molecule has 1 aromatic carbocycles. The summed E-state index contributed by atoms with van der Waals surface area (Å²) < 4.78 is 0. The van der Waals surface area contributed by atoms with E-state index in [1.54, 1.807) is 5.56 Å². The molecule has 2 heteroatoms. The largest absolute Gasteiger partial charge is 0.371 e. The predicted molar refractivity (Wildman–Crippen MR) is 81.9 cm³/mol. The maximum absolute atomic E-state index is 3.23. The van der Waals surface area contributed by atoms with Gasteiger partial charge >= 0.3 is 0 Å². The number of nitrogens with zero attached hydrogens (tertiary/aromatic N) is 1. The lowest BCUT2D eigenvalue weighted by atomic mass is 10.1. The Morgan fingerprint density at radius 3 is 2.89 bits per heavy atom. The smallest absolute Gasteiger partial charge is 0.0399 e. The number of fused-ring (bicyclic) bond motifs is 1. The molecule has 1 heterocycles. The number of hydrogen-bond acceptors (Lipinski definition) is 2. The molecule has 1 aromatic rings. The van der Waals surface area contributed by atoms with Gasteiger partial charge in [0.1, 0.15) is 0 Å². The van der Waals surface area contributed by atoms with Crippen LogP contribution in [0.5, 0.6) is 0 Å². The van der Waals surface area contributed by atoms with Gasteiger partial charge < -0.3 is 10.2 Å². The van der Waals surface area contributed by atoms with E-state index in [9.17, 15) is 0 Å². The van der Waals surface area contributed by atoms with Crippen molar-refractivity contribution in [2.75, 3.05) is 31.6 Å². The maximum atomic E-state index is 3.23. The van der Waals surface area contributed by atoms with Crippen LogP contribution in [0, 0.1) is 5.92 Å². The van der Waals surface area contributed by atoms with E-state index in [1.165, 1.54) is 56.4 Å². The van der Waals surface area contributed by atoms with Gasteiger partial charge in [-0.15, -0.1) is 0 Å². The van der Waals surface area contributed by atoms with Crippen LogP contribution in [0.15, 0.2) is 18.2 Å². The Balaban J connectivity index is 1.66. The first-order valence-electron chi connectivity index (χ1n) is 7.88. The maximum Gasteiger partial charge on any atom is 0.0399 e. The first kappa shape index (κ1) is 13.0. The molecule has 0 aromatic heterocycles. The summed E-state index contributed by atoms with van der Waals surface area (Å²) in [5, 5.41) is 3.23. The highest BCUT2D eigenvalue weighted by Gasteiger charge is 2.23. The third-order valence-corrected chi connectivity index (χ3v) is 4.75. The summed E-state index contributed by atoms with van der Waals surface area (Å²) in [6.45, 7) is 3.61. The van der Waals surface area contributed by atoms with E-state index in [0.717, 1.165) is 18.9 Å². The van der Waals surface area contributed by atoms with E-state index in [-0.39, 0.29) is 0 Å². The molecule has 0 unspecified atom stereocenters. The molecular weight excluding hydrogens is 232 g/mol. The summed E-state index contributed by atoms with van der Waals surface area (Å²) in [5.74, 6) is 0.954. The molecule has 0 saturated heterocycles. The van der Waals surface area contributed by atoms with E-state index < -0.39 is 0 Å². The van der Waals surface area contributed by atoms with Crippen LogP contribution in [0.4, 0.5) is 5.69 Å². The zero-order valence-electron chi connectivity index (χ0n) is 12.1. The molecule has 1 N–H and O–H groups in total. The van der Waals surface area contributed by atoms with Crippen molar-refractivity contribution in [3.05, 3.63) is 29.3 Å². The number of anilines is 1. The average molecular weight is 258 g/mol. The van der Waals surface area contributed by atoms with Gasteiger partial charge in [-0.3, -0.25) is 0 Å². The van der Waals surface area contributed by atoms with Crippen LogP contribution in [0.3, 0.4) is 0 Å². The Bertz CT molecular complexity index is 421. The normalized spacial score (nSPS) is 19.1. The van der Waals surface area contributed by atoms with Gasteiger partial charge in [-0.2, -0.15) is 0 Å². The number of rotatable bonds is 5. The molecule has 2 aliphatic rings. The SMILES string of the molecule is CNCCc1ccc2c(c1)CCN2CC1CCCC1. The standard InChI is InChI=1S/C17H26N2/c1-18-10-8-14-6-7-17-16(12-14)9-11-19(17)13-15-4-2-3-5-15/h6-7,12,15,18H,2-5,8-11,13H2,1H3. The van der Waals surface area contributed by atoms with Crippen LogP contribution >= 0.6 is 0 Å². The van der Waals surface area contributed by atoms with Crippen LogP contribution in [0.2, 0.25) is 0 Å². The highest BCUT2D eigenvalue weighted by Crippen LogP contribution is 2.33. The van der Waals surface area contributed by atoms with Crippen LogP contribution in [0.25, 0.3) is 0 Å². The Hall–Kier alpha value is -1.02. The fourth-order valence-electron chi connectivity index (χ4n) is 3.64. The molecule has 3 rings (SSSR count). The highest BCUT2D eigenvalue weighted by atomic mass is 15.1. The van der Waals surface area contributed by atoms with Crippen molar-refractivity contribution in [3.8, 4) is 0 Å². The van der Waals surface area contributed by atoms with Crippen molar-refractivity contribution in [3.63, 3.8) is 0 Å². The van der Waals surface area contributed by atoms with Crippen molar-refractivity contribution >= 4 is 5.69 Å². The molecule has 0 spiro atoms. The van der Waals surface area contributed by atoms with Gasteiger partial charge in [0.25, 0.3) is 0 Å². The minimum Gasteiger partial charge on any atom is -0.371 e. The minimum absolute atomic E-state index is 0.954. The summed E-state index contributed by atoms with van der Waals surface area (Å²) in [6.07, 6.45) is 8.20. The van der Waals surface area contributed by atoms with Gasteiger partial charge in [0.15, 0.2) is 0 Å². The fourth-order valence-corrected chi connectivity index (χ4v) is 3.64. The van der Waals surface area contributed by atoms with Gasteiger partial charge in [0, 0.05) is 18.8 Å². The average Bonchev–Trinajstić information content (AvgIpc) is 3.07. The zero-order valence-corrected chi connectivity index (χ0v) is 12.1. The molecule has 0 atom stereocenters. The van der Waals surface area contributed by atoms with E-state index in [2.05, 4.69) is 28.4 Å². The molecule has 0 radical (unpaired) electrons. The van der Waals surface area contributed by atoms with E-state index in [1.807, 2.05) is 7.05 Å². The Labute approximate surface area is 117 Å². The lowest BCUT2D eigenvalue weighted by Crippen LogP contribution is -2.26. The molecule has 2 nitrogen and oxygen atoms in total. The lowest BCUT2D eigenvalue weighted by Gasteiger charge is -2.23. The summed E-state index contributed by atoms with van der Waals surface area (Å²) >= 11 is 0. The molecular formula is C17H26N2. The molecule has 1 aliphatic carbocycles. The van der Waals surface area contributed by atoms with Crippen molar-refractivity contribution in [1.82, 2.24) is 5.32 Å². The lowest BCUT2D eigenvalue weighted by molar-refractivity contribution is 0.538. The first-order valence-corrected chi connectivity index (χ1v) is 7.88. The Kier molecular flexibility index (Phi) is 4.07. The zero-order chi connectivity index (χ0) is 13.1. The van der Waals surface area contributed by atoms with Crippen molar-refractivity contribution in [1.29, 1.82) is 0 Å². The Morgan fingerprint density at radius 2 is 2.11 bits per heavy atom. The topological polar surface area (TPSA) is 15.3 Å². The van der Waals surface area contributed by atoms with Crippen LogP contribution < -0.4 is 10.2 Å². The van der Waals surface area contributed by atoms with Gasteiger partial charge in [0.05, 0.1) is 0 Å². The van der Waals surface area contributed by atoms with Gasteiger partial charge in [0.2, 0.25) is 0 Å². The summed E-state index contributed by atoms with van der Waals surface area (Å²) in [4.78, 5) is 2.63. The van der Waals surface area contributed by atoms with Crippen molar-refractivity contribution in [2.24, 2.45) is 5.92 Å². The van der Waals surface area contributed by atoms with E-state index in [0.29, 0.717) is 0 Å². The van der Waals surface area contributed by atoms with Crippen LogP contribution in [0.1, 0.15) is 36.8 Å². The molecule has 0 amide bonds. The van der Waals surface area contributed by atoms with Crippen LogP contribution in [-0.2, 0) is 12.8 Å². The summed E-state index contributed by atoms with van der Waals surface area (Å²) in [5.41, 5.74) is 4.57. The first-order chi connectivity index (χ1) is 9.36. The van der Waals surface area contributed by atoms with Gasteiger partial charge in [-0.05, 0) is 62.4 Å². The number of hydrogen-bond donors (Lipinski definition) is 1. The third kappa shape index (κ3) is 2.94. The number of likely N-dealkylation sites (N-methyl/N-ethyl adjacent to an activating group) is 1. The predicted octanol–water partition coefficient (Wildman–Crippen LogP) is 3.00. The second-order valence-corrected chi connectivity index (χ2v) is 6.16. The monoisotopic (exact) mass is 258 g/mol. The summed E-state index contributed by atoms with van der Waals surface area (Å²) in [7, 11) is 2.02. The minimum atomic E-state index is 0.954. The molecule has 0 bridgehead atoms. The van der Waals surface area contributed by atoms with Gasteiger partial charge in [-0.25, -0.2) is 0 Å². The molecule has 1 fully saturated rings. The molecule has 19 heavy (non-hydrogen) atoms. The van der Waals surface area contributed by atoms with E-state index in [4.69, 9.17) is 0 Å². The van der Waals surface area contributed by atoms with Crippen LogP contribution in [-0.4, -0.2) is 26.7 Å². The van der Waals surface area contributed by atoms with Gasteiger partial charge in [-0.1, -0.05) is 25.0 Å². The fraction of sp³-hybridized carbons (Fsp3) is 0.647. The van der Waals surface area contributed by atoms with Crippen molar-refractivity contribution in [2.45, 2.75) is 38.5 Å². The molecule has 1 saturated carbocycles. The number of benzene rings is 1. The third-order valence-electron chi connectivity index (χ3n) is 4.75. The second-order valence-electron chi connectivity index (χ2n) is 6.16. The Morgan fingerprint density at radius 1 is 1.26 bits per heavy atom. The highest BCUT2D eigenvalue weighted by molar-refractivity contribution is 5.59. The van der Waals surface area contributed by atoms with Crippen molar-refractivity contribution < 1.29 is 0 Å². The number of nitrogens with one attached hydrogen (secondary N) is 1. The quantitative estimate of drug-likeness (QED) is 0.873. The van der Waals surface area contributed by atoms with E-state index >= 15 is 0 Å².